The van der Waals surface area contributed by atoms with E-state index in [9.17, 15) is 0 Å². The maximum atomic E-state index is 4.40. The van der Waals surface area contributed by atoms with Crippen LogP contribution in [-0.4, -0.2) is 45.6 Å². The average molecular weight is 261 g/mol. The number of aromatic nitrogens is 3. The lowest BCUT2D eigenvalue weighted by molar-refractivity contribution is 0.300. The van der Waals surface area contributed by atoms with Crippen LogP contribution in [0.15, 0.2) is 18.6 Å². The molecule has 0 aliphatic carbocycles. The summed E-state index contributed by atoms with van der Waals surface area (Å²) in [7, 11) is 2.00. The van der Waals surface area contributed by atoms with E-state index in [1.54, 1.807) is 0 Å². The predicted molar refractivity (Wildman–Crippen MR) is 79.4 cm³/mol. The number of imidazole rings is 1. The van der Waals surface area contributed by atoms with Gasteiger partial charge in [-0.25, -0.2) is 9.97 Å². The van der Waals surface area contributed by atoms with Crippen LogP contribution >= 0.6 is 0 Å². The monoisotopic (exact) mass is 261 g/mol. The highest BCUT2D eigenvalue weighted by atomic mass is 15.1. The predicted octanol–water partition coefficient (Wildman–Crippen LogP) is 2.11. The Morgan fingerprint density at radius 1 is 1.26 bits per heavy atom. The summed E-state index contributed by atoms with van der Waals surface area (Å²) in [5, 5.41) is 3.40. The number of aryl methyl sites for hydroxylation is 1. The van der Waals surface area contributed by atoms with Crippen molar-refractivity contribution >= 4 is 16.9 Å². The Labute approximate surface area is 114 Å². The summed E-state index contributed by atoms with van der Waals surface area (Å²) in [6, 6.07) is 1.99. The SMILES string of the molecule is CCCN(CC)CCNc1nccc2c1ncn2C. The fourth-order valence-corrected chi connectivity index (χ4v) is 2.27. The summed E-state index contributed by atoms with van der Waals surface area (Å²) in [6.45, 7) is 8.60. The van der Waals surface area contributed by atoms with Gasteiger partial charge in [-0.3, -0.25) is 0 Å². The maximum absolute atomic E-state index is 4.40. The second kappa shape index (κ2) is 6.52. The first-order chi connectivity index (χ1) is 9.26. The van der Waals surface area contributed by atoms with E-state index in [4.69, 9.17) is 0 Å². The second-order valence-corrected chi connectivity index (χ2v) is 4.74. The quantitative estimate of drug-likeness (QED) is 0.829. The van der Waals surface area contributed by atoms with E-state index < -0.39 is 0 Å². The summed E-state index contributed by atoms with van der Waals surface area (Å²) in [6.07, 6.45) is 4.85. The largest absolute Gasteiger partial charge is 0.367 e. The Kier molecular flexibility index (Phi) is 4.74. The van der Waals surface area contributed by atoms with Gasteiger partial charge in [-0.2, -0.15) is 0 Å². The lowest BCUT2D eigenvalue weighted by Gasteiger charge is -2.19. The van der Waals surface area contributed by atoms with Crippen molar-refractivity contribution in [2.24, 2.45) is 7.05 Å². The van der Waals surface area contributed by atoms with Crippen molar-refractivity contribution < 1.29 is 0 Å². The summed E-state index contributed by atoms with van der Waals surface area (Å²) >= 11 is 0. The number of pyridine rings is 1. The number of nitrogens with one attached hydrogen (secondary N) is 1. The molecule has 0 aromatic carbocycles. The van der Waals surface area contributed by atoms with Crippen LogP contribution in [0.5, 0.6) is 0 Å². The molecule has 0 fully saturated rings. The molecule has 0 saturated carbocycles. The molecule has 1 N–H and O–H groups in total. The van der Waals surface area contributed by atoms with Crippen molar-refractivity contribution in [3.63, 3.8) is 0 Å². The van der Waals surface area contributed by atoms with Gasteiger partial charge in [0, 0.05) is 26.3 Å². The zero-order valence-corrected chi connectivity index (χ0v) is 12.1. The van der Waals surface area contributed by atoms with E-state index in [2.05, 4.69) is 34.0 Å². The molecule has 0 bridgehead atoms. The van der Waals surface area contributed by atoms with Crippen LogP contribution in [0.1, 0.15) is 20.3 Å². The molecule has 0 atom stereocenters. The molecule has 0 aliphatic heterocycles. The van der Waals surface area contributed by atoms with Crippen LogP contribution < -0.4 is 5.32 Å². The highest BCUT2D eigenvalue weighted by molar-refractivity contribution is 5.85. The molecule has 0 unspecified atom stereocenters. The normalized spacial score (nSPS) is 11.4. The van der Waals surface area contributed by atoms with Crippen LogP contribution in [-0.2, 0) is 7.05 Å². The van der Waals surface area contributed by atoms with Crippen molar-refractivity contribution in [1.82, 2.24) is 19.4 Å². The fourth-order valence-electron chi connectivity index (χ4n) is 2.27. The lowest BCUT2D eigenvalue weighted by atomic mass is 10.3. The summed E-state index contributed by atoms with van der Waals surface area (Å²) in [5.74, 6) is 0.880. The maximum Gasteiger partial charge on any atom is 0.154 e. The van der Waals surface area contributed by atoms with Crippen molar-refractivity contribution in [2.45, 2.75) is 20.3 Å². The minimum Gasteiger partial charge on any atom is -0.367 e. The van der Waals surface area contributed by atoms with Gasteiger partial charge >= 0.3 is 0 Å². The first kappa shape index (κ1) is 13.8. The minimum absolute atomic E-state index is 0.880. The molecule has 2 aromatic heterocycles. The van der Waals surface area contributed by atoms with Gasteiger partial charge < -0.3 is 14.8 Å². The first-order valence-electron chi connectivity index (χ1n) is 6.98. The van der Waals surface area contributed by atoms with E-state index in [0.717, 1.165) is 43.0 Å². The van der Waals surface area contributed by atoms with Crippen LogP contribution in [0.2, 0.25) is 0 Å². The van der Waals surface area contributed by atoms with Crippen molar-refractivity contribution in [3.8, 4) is 0 Å². The Bertz CT molecular complexity index is 520. The van der Waals surface area contributed by atoms with Crippen LogP contribution in [0.25, 0.3) is 11.0 Å². The smallest absolute Gasteiger partial charge is 0.154 e. The van der Waals surface area contributed by atoms with E-state index in [0.29, 0.717) is 0 Å². The van der Waals surface area contributed by atoms with Gasteiger partial charge in [0.05, 0.1) is 11.8 Å². The van der Waals surface area contributed by atoms with Gasteiger partial charge in [-0.15, -0.1) is 0 Å². The summed E-state index contributed by atoms with van der Waals surface area (Å²) < 4.78 is 2.01. The van der Waals surface area contributed by atoms with Gasteiger partial charge in [0.25, 0.3) is 0 Å². The summed E-state index contributed by atoms with van der Waals surface area (Å²) in [5.41, 5.74) is 2.06. The molecule has 5 heteroatoms. The third-order valence-corrected chi connectivity index (χ3v) is 3.35. The molecule has 0 radical (unpaired) electrons. The molecular formula is C14H23N5. The fraction of sp³-hybridized carbons (Fsp3) is 0.571. The van der Waals surface area contributed by atoms with Gasteiger partial charge in [0.2, 0.25) is 0 Å². The Morgan fingerprint density at radius 3 is 2.84 bits per heavy atom. The number of hydrogen-bond acceptors (Lipinski definition) is 4. The molecule has 0 saturated heterocycles. The van der Waals surface area contributed by atoms with Gasteiger partial charge in [0.1, 0.15) is 5.52 Å². The molecule has 0 aliphatic rings. The minimum atomic E-state index is 0.880. The topological polar surface area (TPSA) is 46.0 Å². The van der Waals surface area contributed by atoms with Crippen LogP contribution in [0.3, 0.4) is 0 Å². The third-order valence-electron chi connectivity index (χ3n) is 3.35. The molecule has 2 rings (SSSR count). The van der Waals surface area contributed by atoms with Crippen LogP contribution in [0, 0.1) is 0 Å². The lowest BCUT2D eigenvalue weighted by Crippen LogP contribution is -2.29. The van der Waals surface area contributed by atoms with Gasteiger partial charge in [-0.05, 0) is 25.6 Å². The Hall–Kier alpha value is -1.62. The third kappa shape index (κ3) is 3.23. The van der Waals surface area contributed by atoms with E-state index in [-0.39, 0.29) is 0 Å². The second-order valence-electron chi connectivity index (χ2n) is 4.74. The number of likely N-dealkylation sites (N-methyl/N-ethyl adjacent to an activating group) is 1. The number of nitrogens with zero attached hydrogens (tertiary/aromatic N) is 4. The molecule has 104 valence electrons. The molecular weight excluding hydrogens is 238 g/mol. The highest BCUT2D eigenvalue weighted by Gasteiger charge is 2.06. The van der Waals surface area contributed by atoms with E-state index in [1.807, 2.05) is 30.2 Å². The first-order valence-corrected chi connectivity index (χ1v) is 6.98. The zero-order valence-electron chi connectivity index (χ0n) is 12.1. The average Bonchev–Trinajstić information content (AvgIpc) is 2.80. The molecule has 5 nitrogen and oxygen atoms in total. The van der Waals surface area contributed by atoms with Gasteiger partial charge in [-0.1, -0.05) is 13.8 Å². The van der Waals surface area contributed by atoms with Crippen molar-refractivity contribution in [3.05, 3.63) is 18.6 Å². The molecule has 0 amide bonds. The molecule has 2 heterocycles. The van der Waals surface area contributed by atoms with Crippen LogP contribution in [0.4, 0.5) is 5.82 Å². The van der Waals surface area contributed by atoms with E-state index >= 15 is 0 Å². The Balaban J connectivity index is 1.98. The molecule has 19 heavy (non-hydrogen) atoms. The van der Waals surface area contributed by atoms with Crippen molar-refractivity contribution in [2.75, 3.05) is 31.5 Å². The number of fused-ring (bicyclic) bond motifs is 1. The zero-order chi connectivity index (χ0) is 13.7. The number of anilines is 1. The highest BCUT2D eigenvalue weighted by Crippen LogP contribution is 2.17. The number of rotatable bonds is 7. The van der Waals surface area contributed by atoms with Gasteiger partial charge in [0.15, 0.2) is 5.82 Å². The summed E-state index contributed by atoms with van der Waals surface area (Å²) in [4.78, 5) is 11.2. The van der Waals surface area contributed by atoms with Crippen molar-refractivity contribution in [1.29, 1.82) is 0 Å². The molecule has 2 aromatic rings. The molecule has 0 spiro atoms. The van der Waals surface area contributed by atoms with E-state index in [1.165, 1.54) is 6.42 Å². The Morgan fingerprint density at radius 2 is 2.11 bits per heavy atom. The number of hydrogen-bond donors (Lipinski definition) is 1. The standard InChI is InChI=1S/C14H23N5/c1-4-9-19(5-2)10-8-16-14-13-12(6-7-15-14)18(3)11-17-13/h6-7,11H,4-5,8-10H2,1-3H3,(H,15,16).